The van der Waals surface area contributed by atoms with Gasteiger partial charge in [0.1, 0.15) is 0 Å². The van der Waals surface area contributed by atoms with E-state index < -0.39 is 0 Å². The number of hydrogen-bond donors (Lipinski definition) is 1. The van der Waals surface area contributed by atoms with E-state index in [0.717, 1.165) is 6.54 Å². The predicted molar refractivity (Wildman–Crippen MR) is 68.1 cm³/mol. The molecule has 2 nitrogen and oxygen atoms in total. The molecule has 1 aromatic carbocycles. The molecule has 0 fully saturated rings. The van der Waals surface area contributed by atoms with Crippen molar-refractivity contribution in [3.05, 3.63) is 58.9 Å². The number of aromatic nitrogens is 1. The summed E-state index contributed by atoms with van der Waals surface area (Å²) in [5.74, 6) is 0. The minimum absolute atomic E-state index is 0.858. The Morgan fingerprint density at radius 2 is 1.44 bits per heavy atom. The molecule has 1 N–H and O–H groups in total. The summed E-state index contributed by atoms with van der Waals surface area (Å²) < 4.78 is 2.12. The maximum absolute atomic E-state index is 3.41. The second-order valence-corrected chi connectivity index (χ2v) is 4.27. The first-order valence-corrected chi connectivity index (χ1v) is 5.61. The molecule has 0 aliphatic rings. The topological polar surface area (TPSA) is 17.0 Å². The van der Waals surface area contributed by atoms with Gasteiger partial charge in [-0.1, -0.05) is 29.8 Å². The van der Waals surface area contributed by atoms with Crippen molar-refractivity contribution in [3.63, 3.8) is 0 Å². The number of aryl methyl sites for hydroxylation is 3. The van der Waals surface area contributed by atoms with Crippen LogP contribution >= 0.6 is 0 Å². The molecular weight excluding hydrogens is 196 g/mol. The Balaban J connectivity index is 2.05. The molecule has 1 heterocycles. The monoisotopic (exact) mass is 214 g/mol. The number of nitrogens with one attached hydrogen (secondary N) is 1. The molecule has 1 aromatic heterocycles. The van der Waals surface area contributed by atoms with Gasteiger partial charge < -0.3 is 5.43 Å². The van der Waals surface area contributed by atoms with Crippen molar-refractivity contribution in [1.29, 1.82) is 0 Å². The van der Waals surface area contributed by atoms with E-state index in [2.05, 4.69) is 67.3 Å². The van der Waals surface area contributed by atoms with E-state index in [9.17, 15) is 0 Å². The summed E-state index contributed by atoms with van der Waals surface area (Å²) in [5.41, 5.74) is 8.50. The molecule has 16 heavy (non-hydrogen) atoms. The summed E-state index contributed by atoms with van der Waals surface area (Å²) in [7, 11) is 0. The minimum Gasteiger partial charge on any atom is -0.322 e. The van der Waals surface area contributed by atoms with Gasteiger partial charge in [-0.2, -0.15) is 0 Å². The zero-order valence-electron chi connectivity index (χ0n) is 10.1. The van der Waals surface area contributed by atoms with E-state index >= 15 is 0 Å². The fraction of sp³-hybridized carbons (Fsp3) is 0.286. The van der Waals surface area contributed by atoms with Gasteiger partial charge in [0.15, 0.2) is 0 Å². The molecule has 0 amide bonds. The minimum atomic E-state index is 0.858. The Labute approximate surface area is 96.9 Å². The smallest absolute Gasteiger partial charge is 0.0564 e. The van der Waals surface area contributed by atoms with E-state index in [1.54, 1.807) is 0 Å². The molecule has 0 radical (unpaired) electrons. The highest BCUT2D eigenvalue weighted by Crippen LogP contribution is 2.07. The van der Waals surface area contributed by atoms with Gasteiger partial charge in [0.05, 0.1) is 6.54 Å². The average molecular weight is 214 g/mol. The zero-order chi connectivity index (χ0) is 11.5. The van der Waals surface area contributed by atoms with E-state index in [4.69, 9.17) is 0 Å². The van der Waals surface area contributed by atoms with Crippen molar-refractivity contribution in [2.75, 3.05) is 5.43 Å². The second-order valence-electron chi connectivity index (χ2n) is 4.27. The zero-order valence-corrected chi connectivity index (χ0v) is 10.1. The fourth-order valence-electron chi connectivity index (χ4n) is 1.79. The molecule has 2 rings (SSSR count). The highest BCUT2D eigenvalue weighted by molar-refractivity contribution is 5.23. The third-order valence-corrected chi connectivity index (χ3v) is 2.83. The van der Waals surface area contributed by atoms with Crippen LogP contribution in [0, 0.1) is 20.8 Å². The molecule has 2 heteroatoms. The molecule has 0 unspecified atom stereocenters. The van der Waals surface area contributed by atoms with Crippen LogP contribution in [0.15, 0.2) is 36.4 Å². The Morgan fingerprint density at radius 1 is 0.875 bits per heavy atom. The van der Waals surface area contributed by atoms with Crippen LogP contribution in [0.1, 0.15) is 22.5 Å². The molecule has 2 aromatic rings. The van der Waals surface area contributed by atoms with Crippen molar-refractivity contribution in [3.8, 4) is 0 Å². The highest BCUT2D eigenvalue weighted by atomic mass is 15.4. The summed E-state index contributed by atoms with van der Waals surface area (Å²) in [6.07, 6.45) is 0. The maximum Gasteiger partial charge on any atom is 0.0564 e. The molecule has 0 atom stereocenters. The Morgan fingerprint density at radius 3 is 2.00 bits per heavy atom. The first-order valence-electron chi connectivity index (χ1n) is 5.61. The molecule has 0 bridgehead atoms. The lowest BCUT2D eigenvalue weighted by Crippen LogP contribution is -2.16. The van der Waals surface area contributed by atoms with Crippen LogP contribution in [0.3, 0.4) is 0 Å². The van der Waals surface area contributed by atoms with Crippen LogP contribution in [0.5, 0.6) is 0 Å². The highest BCUT2D eigenvalue weighted by Gasteiger charge is 1.99. The maximum atomic E-state index is 3.41. The van der Waals surface area contributed by atoms with Gasteiger partial charge in [-0.3, -0.25) is 4.68 Å². The van der Waals surface area contributed by atoms with Gasteiger partial charge in [0.2, 0.25) is 0 Å². The predicted octanol–water partition coefficient (Wildman–Crippen LogP) is 3.16. The lowest BCUT2D eigenvalue weighted by atomic mass is 10.1. The van der Waals surface area contributed by atoms with Crippen LogP contribution in [0.2, 0.25) is 0 Å². The normalized spacial score (nSPS) is 10.4. The molecule has 0 aliphatic carbocycles. The van der Waals surface area contributed by atoms with Crippen molar-refractivity contribution >= 4 is 0 Å². The van der Waals surface area contributed by atoms with Crippen molar-refractivity contribution < 1.29 is 0 Å². The molecule has 84 valence electrons. The first kappa shape index (κ1) is 10.8. The lowest BCUT2D eigenvalue weighted by Gasteiger charge is -2.12. The molecule has 0 saturated heterocycles. The van der Waals surface area contributed by atoms with Gasteiger partial charge in [0.25, 0.3) is 0 Å². The average Bonchev–Trinajstić information content (AvgIpc) is 2.59. The molecule has 0 saturated carbocycles. The third-order valence-electron chi connectivity index (χ3n) is 2.83. The number of benzene rings is 1. The van der Waals surface area contributed by atoms with Gasteiger partial charge in [-0.05, 0) is 38.5 Å². The van der Waals surface area contributed by atoms with E-state index in [-0.39, 0.29) is 0 Å². The van der Waals surface area contributed by atoms with Crippen LogP contribution in [0.4, 0.5) is 0 Å². The van der Waals surface area contributed by atoms with E-state index in [1.165, 1.54) is 22.5 Å². The molecule has 0 spiro atoms. The number of nitrogens with zero attached hydrogens (tertiary/aromatic N) is 1. The molecular formula is C14H18N2. The Hall–Kier alpha value is -1.70. The second kappa shape index (κ2) is 4.44. The summed E-state index contributed by atoms with van der Waals surface area (Å²) in [6.45, 7) is 7.18. The van der Waals surface area contributed by atoms with Crippen molar-refractivity contribution in [2.45, 2.75) is 27.3 Å². The summed E-state index contributed by atoms with van der Waals surface area (Å²) in [4.78, 5) is 0. The van der Waals surface area contributed by atoms with E-state index in [1.807, 2.05) is 0 Å². The van der Waals surface area contributed by atoms with Crippen LogP contribution in [-0.4, -0.2) is 4.68 Å². The van der Waals surface area contributed by atoms with Crippen molar-refractivity contribution in [2.24, 2.45) is 0 Å². The van der Waals surface area contributed by atoms with Crippen LogP contribution in [0.25, 0.3) is 0 Å². The van der Waals surface area contributed by atoms with Gasteiger partial charge in [-0.15, -0.1) is 0 Å². The quantitative estimate of drug-likeness (QED) is 0.830. The summed E-state index contributed by atoms with van der Waals surface area (Å²) in [6, 6.07) is 12.9. The third kappa shape index (κ3) is 2.27. The Bertz CT molecular complexity index is 446. The fourth-order valence-corrected chi connectivity index (χ4v) is 1.79. The standard InChI is InChI=1S/C14H18N2/c1-11-4-8-14(9-5-11)10-15-16-12(2)6-7-13(16)3/h4-9,15H,10H2,1-3H3. The molecule has 0 aliphatic heterocycles. The lowest BCUT2D eigenvalue weighted by molar-refractivity contribution is 0.792. The van der Waals surface area contributed by atoms with Gasteiger partial charge in [-0.25, -0.2) is 0 Å². The van der Waals surface area contributed by atoms with Gasteiger partial charge >= 0.3 is 0 Å². The summed E-state index contributed by atoms with van der Waals surface area (Å²) >= 11 is 0. The van der Waals surface area contributed by atoms with Crippen LogP contribution in [-0.2, 0) is 6.54 Å². The largest absolute Gasteiger partial charge is 0.322 e. The van der Waals surface area contributed by atoms with E-state index in [0.29, 0.717) is 0 Å². The number of rotatable bonds is 3. The van der Waals surface area contributed by atoms with Crippen LogP contribution < -0.4 is 5.43 Å². The number of hydrogen-bond acceptors (Lipinski definition) is 1. The first-order chi connectivity index (χ1) is 7.66. The van der Waals surface area contributed by atoms with Crippen molar-refractivity contribution in [1.82, 2.24) is 4.68 Å². The Kier molecular flexibility index (Phi) is 3.00. The van der Waals surface area contributed by atoms with Gasteiger partial charge in [0, 0.05) is 11.4 Å². The SMILES string of the molecule is Cc1ccc(CNn2c(C)ccc2C)cc1. The summed E-state index contributed by atoms with van der Waals surface area (Å²) in [5, 5.41) is 0.